The van der Waals surface area contributed by atoms with E-state index < -0.39 is 0 Å². The van der Waals surface area contributed by atoms with Crippen LogP contribution in [0.15, 0.2) is 61.4 Å². The Kier molecular flexibility index (Phi) is 3.71. The van der Waals surface area contributed by atoms with Gasteiger partial charge in [-0.15, -0.1) is 6.58 Å². The lowest BCUT2D eigenvalue weighted by molar-refractivity contribution is 0.967. The molecule has 0 saturated heterocycles. The minimum atomic E-state index is 0.419. The van der Waals surface area contributed by atoms with Gasteiger partial charge in [-0.2, -0.15) is 0 Å². The Labute approximate surface area is 103 Å². The van der Waals surface area contributed by atoms with Gasteiger partial charge in [-0.3, -0.25) is 4.98 Å². The summed E-state index contributed by atoms with van der Waals surface area (Å²) in [6, 6.07) is 12.8. The molecule has 0 aliphatic heterocycles. The normalized spacial score (nSPS) is 12.1. The van der Waals surface area contributed by atoms with Gasteiger partial charge < -0.3 is 0 Å². The molecule has 0 aliphatic rings. The Hall–Kier alpha value is -1.89. The van der Waals surface area contributed by atoms with Crippen LogP contribution < -0.4 is 0 Å². The molecule has 1 unspecified atom stereocenters. The van der Waals surface area contributed by atoms with E-state index in [1.165, 1.54) is 16.7 Å². The SMILES string of the molecule is C=CC(C)c1ccc(Cc2cccnc2)cc1. The predicted octanol–water partition coefficient (Wildman–Crippen LogP) is 3.96. The summed E-state index contributed by atoms with van der Waals surface area (Å²) in [6.07, 6.45) is 6.63. The molecule has 2 aromatic rings. The van der Waals surface area contributed by atoms with Crippen LogP contribution in [0, 0.1) is 0 Å². The Morgan fingerprint density at radius 2 is 1.94 bits per heavy atom. The number of pyridine rings is 1. The van der Waals surface area contributed by atoms with Gasteiger partial charge >= 0.3 is 0 Å². The number of allylic oxidation sites excluding steroid dienone is 1. The van der Waals surface area contributed by atoms with E-state index >= 15 is 0 Å². The molecule has 0 bridgehead atoms. The average Bonchev–Trinajstić information content (AvgIpc) is 2.40. The Bertz CT molecular complexity index is 471. The Morgan fingerprint density at radius 1 is 1.18 bits per heavy atom. The minimum Gasteiger partial charge on any atom is -0.264 e. The first kappa shape index (κ1) is 11.6. The summed E-state index contributed by atoms with van der Waals surface area (Å²) in [7, 11) is 0. The van der Waals surface area contributed by atoms with Crippen molar-refractivity contribution in [3.63, 3.8) is 0 Å². The van der Waals surface area contributed by atoms with Gasteiger partial charge in [0.05, 0.1) is 0 Å². The molecule has 1 heteroatoms. The monoisotopic (exact) mass is 223 g/mol. The molecular formula is C16H17N. The zero-order valence-electron chi connectivity index (χ0n) is 10.1. The van der Waals surface area contributed by atoms with Gasteiger partial charge in [0.2, 0.25) is 0 Å². The van der Waals surface area contributed by atoms with E-state index in [2.05, 4.69) is 48.8 Å². The summed E-state index contributed by atoms with van der Waals surface area (Å²) in [5, 5.41) is 0. The number of benzene rings is 1. The molecule has 0 saturated carbocycles. The fourth-order valence-corrected chi connectivity index (χ4v) is 1.81. The molecule has 1 heterocycles. The maximum absolute atomic E-state index is 4.13. The molecule has 0 aliphatic carbocycles. The molecule has 0 spiro atoms. The van der Waals surface area contributed by atoms with Gasteiger partial charge in [-0.1, -0.05) is 43.3 Å². The van der Waals surface area contributed by atoms with Crippen LogP contribution >= 0.6 is 0 Å². The Balaban J connectivity index is 2.11. The first-order valence-corrected chi connectivity index (χ1v) is 5.90. The van der Waals surface area contributed by atoms with Crippen LogP contribution in [-0.2, 0) is 6.42 Å². The number of hydrogen-bond acceptors (Lipinski definition) is 1. The molecule has 2 rings (SSSR count). The molecule has 1 nitrogen and oxygen atoms in total. The highest BCUT2D eigenvalue weighted by molar-refractivity contribution is 5.30. The van der Waals surface area contributed by atoms with Crippen LogP contribution in [0.25, 0.3) is 0 Å². The largest absolute Gasteiger partial charge is 0.264 e. The lowest BCUT2D eigenvalue weighted by Gasteiger charge is -2.07. The van der Waals surface area contributed by atoms with Crippen molar-refractivity contribution in [1.82, 2.24) is 4.98 Å². The summed E-state index contributed by atoms with van der Waals surface area (Å²) in [4.78, 5) is 4.13. The predicted molar refractivity (Wildman–Crippen MR) is 72.1 cm³/mol. The molecule has 0 fully saturated rings. The number of nitrogens with zero attached hydrogens (tertiary/aromatic N) is 1. The van der Waals surface area contributed by atoms with Crippen LogP contribution in [-0.4, -0.2) is 4.98 Å². The van der Waals surface area contributed by atoms with E-state index in [-0.39, 0.29) is 0 Å². The fourth-order valence-electron chi connectivity index (χ4n) is 1.81. The smallest absolute Gasteiger partial charge is 0.0303 e. The van der Waals surface area contributed by atoms with Crippen molar-refractivity contribution in [2.45, 2.75) is 19.3 Å². The Morgan fingerprint density at radius 3 is 2.53 bits per heavy atom. The van der Waals surface area contributed by atoms with E-state index in [9.17, 15) is 0 Å². The van der Waals surface area contributed by atoms with E-state index in [4.69, 9.17) is 0 Å². The van der Waals surface area contributed by atoms with E-state index in [1.807, 2.05) is 18.3 Å². The average molecular weight is 223 g/mol. The first-order chi connectivity index (χ1) is 8.29. The molecule has 0 radical (unpaired) electrons. The highest BCUT2D eigenvalue weighted by atomic mass is 14.6. The van der Waals surface area contributed by atoms with E-state index in [0.717, 1.165) is 6.42 Å². The molecular weight excluding hydrogens is 206 g/mol. The second kappa shape index (κ2) is 5.44. The second-order valence-corrected chi connectivity index (χ2v) is 4.30. The third-order valence-electron chi connectivity index (χ3n) is 2.99. The number of rotatable bonds is 4. The van der Waals surface area contributed by atoms with Crippen molar-refractivity contribution in [2.24, 2.45) is 0 Å². The van der Waals surface area contributed by atoms with Gasteiger partial charge in [-0.05, 0) is 35.1 Å². The molecule has 86 valence electrons. The van der Waals surface area contributed by atoms with E-state index in [0.29, 0.717) is 5.92 Å². The van der Waals surface area contributed by atoms with Crippen LogP contribution in [0.5, 0.6) is 0 Å². The maximum Gasteiger partial charge on any atom is 0.0303 e. The van der Waals surface area contributed by atoms with Gasteiger partial charge in [0.1, 0.15) is 0 Å². The van der Waals surface area contributed by atoms with Crippen molar-refractivity contribution in [3.8, 4) is 0 Å². The molecule has 0 N–H and O–H groups in total. The first-order valence-electron chi connectivity index (χ1n) is 5.90. The quantitative estimate of drug-likeness (QED) is 0.715. The van der Waals surface area contributed by atoms with Crippen LogP contribution in [0.3, 0.4) is 0 Å². The van der Waals surface area contributed by atoms with Crippen LogP contribution in [0.1, 0.15) is 29.5 Å². The van der Waals surface area contributed by atoms with Crippen molar-refractivity contribution in [3.05, 3.63) is 78.1 Å². The summed E-state index contributed by atoms with van der Waals surface area (Å²) in [5.74, 6) is 0.419. The summed E-state index contributed by atoms with van der Waals surface area (Å²) in [5.41, 5.74) is 3.88. The zero-order chi connectivity index (χ0) is 12.1. The minimum absolute atomic E-state index is 0.419. The second-order valence-electron chi connectivity index (χ2n) is 4.30. The number of aromatic nitrogens is 1. The molecule has 1 aromatic heterocycles. The highest BCUT2D eigenvalue weighted by Gasteiger charge is 2.01. The highest BCUT2D eigenvalue weighted by Crippen LogP contribution is 2.17. The standard InChI is InChI=1S/C16H17N/c1-3-13(2)16-8-6-14(7-9-16)11-15-5-4-10-17-12-15/h3-10,12-13H,1,11H2,2H3. The molecule has 1 aromatic carbocycles. The lowest BCUT2D eigenvalue weighted by atomic mass is 9.98. The topological polar surface area (TPSA) is 12.9 Å². The summed E-state index contributed by atoms with van der Waals surface area (Å²) >= 11 is 0. The van der Waals surface area contributed by atoms with E-state index in [1.54, 1.807) is 6.20 Å². The maximum atomic E-state index is 4.13. The summed E-state index contributed by atoms with van der Waals surface area (Å²) in [6.45, 7) is 5.97. The molecule has 17 heavy (non-hydrogen) atoms. The van der Waals surface area contributed by atoms with Crippen molar-refractivity contribution < 1.29 is 0 Å². The van der Waals surface area contributed by atoms with Gasteiger partial charge in [0.15, 0.2) is 0 Å². The van der Waals surface area contributed by atoms with Gasteiger partial charge in [0.25, 0.3) is 0 Å². The van der Waals surface area contributed by atoms with Gasteiger partial charge in [0, 0.05) is 12.4 Å². The van der Waals surface area contributed by atoms with Crippen molar-refractivity contribution in [2.75, 3.05) is 0 Å². The summed E-state index contributed by atoms with van der Waals surface area (Å²) < 4.78 is 0. The number of hydrogen-bond donors (Lipinski definition) is 0. The van der Waals surface area contributed by atoms with Crippen molar-refractivity contribution in [1.29, 1.82) is 0 Å². The lowest BCUT2D eigenvalue weighted by Crippen LogP contribution is -1.92. The third kappa shape index (κ3) is 3.04. The van der Waals surface area contributed by atoms with Crippen molar-refractivity contribution >= 4 is 0 Å². The molecule has 0 amide bonds. The van der Waals surface area contributed by atoms with Crippen LogP contribution in [0.4, 0.5) is 0 Å². The van der Waals surface area contributed by atoms with Crippen LogP contribution in [0.2, 0.25) is 0 Å². The zero-order valence-corrected chi connectivity index (χ0v) is 10.1. The fraction of sp³-hybridized carbons (Fsp3) is 0.188. The third-order valence-corrected chi connectivity index (χ3v) is 2.99. The molecule has 1 atom stereocenters. The van der Waals surface area contributed by atoms with Gasteiger partial charge in [-0.25, -0.2) is 0 Å².